The smallest absolute Gasteiger partial charge is 0.326 e. The maximum absolute atomic E-state index is 12.1. The lowest BCUT2D eigenvalue weighted by molar-refractivity contribution is -0.139. The number of aliphatic carboxylic acids is 1. The van der Waals surface area contributed by atoms with E-state index in [0.29, 0.717) is 38.2 Å². The van der Waals surface area contributed by atoms with Crippen molar-refractivity contribution in [2.45, 2.75) is 32.1 Å². The highest BCUT2D eigenvalue weighted by Gasteiger charge is 2.21. The van der Waals surface area contributed by atoms with E-state index in [4.69, 9.17) is 14.6 Å². The minimum absolute atomic E-state index is 0.336. The van der Waals surface area contributed by atoms with Crippen molar-refractivity contribution in [1.82, 2.24) is 5.32 Å². The number of hydrogen-bond donors (Lipinski definition) is 2. The Hall–Kier alpha value is -1.92. The van der Waals surface area contributed by atoms with E-state index in [0.717, 1.165) is 11.1 Å². The van der Waals surface area contributed by atoms with Crippen LogP contribution in [0.3, 0.4) is 0 Å². The Morgan fingerprint density at radius 1 is 1.38 bits per heavy atom. The van der Waals surface area contributed by atoms with E-state index in [-0.39, 0.29) is 5.91 Å². The quantitative estimate of drug-likeness (QED) is 0.741. The summed E-state index contributed by atoms with van der Waals surface area (Å²) < 4.78 is 10.2. The van der Waals surface area contributed by atoms with Gasteiger partial charge in [-0.15, -0.1) is 0 Å². The summed E-state index contributed by atoms with van der Waals surface area (Å²) in [7, 11) is 1.56. The van der Waals surface area contributed by atoms with E-state index >= 15 is 0 Å². The normalized spacial score (nSPS) is 14.5. The number of methoxy groups -OCH3 is 1. The zero-order valence-corrected chi connectivity index (χ0v) is 11.9. The van der Waals surface area contributed by atoms with Crippen LogP contribution >= 0.6 is 0 Å². The van der Waals surface area contributed by atoms with Crippen molar-refractivity contribution >= 4 is 11.9 Å². The number of rotatable bonds is 7. The standard InChI is InChI=1S/C15H19NO5/c1-20-6-2-3-13(15(18)19)16-14(17)10-4-5-11-8-21-9-12(11)7-10/h4-5,7,13H,2-3,6,8-9H2,1H3,(H,16,17)(H,18,19). The maximum Gasteiger partial charge on any atom is 0.326 e. The number of carbonyl (C=O) groups excluding carboxylic acids is 1. The van der Waals surface area contributed by atoms with Crippen molar-refractivity contribution in [2.75, 3.05) is 13.7 Å². The first-order chi connectivity index (χ1) is 10.1. The van der Waals surface area contributed by atoms with E-state index < -0.39 is 12.0 Å². The molecule has 2 N–H and O–H groups in total. The SMILES string of the molecule is COCCCC(NC(=O)c1ccc2c(c1)COC2)C(=O)O. The molecule has 1 unspecified atom stereocenters. The summed E-state index contributed by atoms with van der Waals surface area (Å²) in [6, 6.07) is 4.39. The van der Waals surface area contributed by atoms with Crippen molar-refractivity contribution in [2.24, 2.45) is 0 Å². The van der Waals surface area contributed by atoms with Crippen molar-refractivity contribution in [3.63, 3.8) is 0 Å². The fourth-order valence-electron chi connectivity index (χ4n) is 2.24. The van der Waals surface area contributed by atoms with Gasteiger partial charge < -0.3 is 19.9 Å². The van der Waals surface area contributed by atoms with Gasteiger partial charge in [-0.05, 0) is 36.1 Å². The average Bonchev–Trinajstić information content (AvgIpc) is 2.93. The zero-order chi connectivity index (χ0) is 15.2. The lowest BCUT2D eigenvalue weighted by atomic mass is 10.1. The van der Waals surface area contributed by atoms with Gasteiger partial charge in [-0.1, -0.05) is 6.07 Å². The number of fused-ring (bicyclic) bond motifs is 1. The van der Waals surface area contributed by atoms with Crippen LogP contribution in [-0.2, 0) is 27.5 Å². The molecule has 114 valence electrons. The third kappa shape index (κ3) is 4.03. The van der Waals surface area contributed by atoms with Crippen LogP contribution < -0.4 is 5.32 Å². The van der Waals surface area contributed by atoms with Gasteiger partial charge in [0.2, 0.25) is 0 Å². The monoisotopic (exact) mass is 293 g/mol. The third-order valence-electron chi connectivity index (χ3n) is 3.43. The lowest BCUT2D eigenvalue weighted by Gasteiger charge is -2.14. The second-order valence-electron chi connectivity index (χ2n) is 4.98. The first kappa shape index (κ1) is 15.5. The number of ether oxygens (including phenoxy) is 2. The van der Waals surface area contributed by atoms with Gasteiger partial charge in [-0.3, -0.25) is 4.79 Å². The van der Waals surface area contributed by atoms with Crippen molar-refractivity contribution < 1.29 is 24.2 Å². The van der Waals surface area contributed by atoms with Gasteiger partial charge in [-0.25, -0.2) is 4.79 Å². The van der Waals surface area contributed by atoms with Crippen LogP contribution in [0.2, 0.25) is 0 Å². The molecular weight excluding hydrogens is 274 g/mol. The summed E-state index contributed by atoms with van der Waals surface area (Å²) in [6.45, 7) is 1.52. The number of carboxylic acid groups (broad SMARTS) is 1. The number of nitrogens with one attached hydrogen (secondary N) is 1. The molecule has 0 bridgehead atoms. The molecule has 0 spiro atoms. The lowest BCUT2D eigenvalue weighted by Crippen LogP contribution is -2.40. The summed E-state index contributed by atoms with van der Waals surface area (Å²) in [5.74, 6) is -1.42. The average molecular weight is 293 g/mol. The van der Waals surface area contributed by atoms with Gasteiger partial charge in [0.15, 0.2) is 0 Å². The maximum atomic E-state index is 12.1. The topological polar surface area (TPSA) is 84.9 Å². The van der Waals surface area contributed by atoms with E-state index in [9.17, 15) is 9.59 Å². The van der Waals surface area contributed by atoms with Crippen molar-refractivity contribution in [1.29, 1.82) is 0 Å². The molecule has 1 heterocycles. The summed E-state index contributed by atoms with van der Waals surface area (Å²) in [6.07, 6.45) is 0.911. The predicted molar refractivity (Wildman–Crippen MR) is 74.9 cm³/mol. The Bertz CT molecular complexity index is 529. The Kier molecular flexibility index (Phi) is 5.30. The zero-order valence-electron chi connectivity index (χ0n) is 11.9. The molecule has 0 saturated carbocycles. The Morgan fingerprint density at radius 2 is 2.14 bits per heavy atom. The van der Waals surface area contributed by atoms with Gasteiger partial charge in [-0.2, -0.15) is 0 Å². The highest BCUT2D eigenvalue weighted by atomic mass is 16.5. The number of hydrogen-bond acceptors (Lipinski definition) is 4. The largest absolute Gasteiger partial charge is 0.480 e. The predicted octanol–water partition coefficient (Wildman–Crippen LogP) is 1.33. The molecule has 1 aromatic carbocycles. The first-order valence-electron chi connectivity index (χ1n) is 6.84. The van der Waals surface area contributed by atoms with Crippen LogP contribution in [0.5, 0.6) is 0 Å². The molecule has 0 aliphatic carbocycles. The van der Waals surface area contributed by atoms with E-state index in [1.54, 1.807) is 19.2 Å². The van der Waals surface area contributed by atoms with Gasteiger partial charge in [0.1, 0.15) is 6.04 Å². The summed E-state index contributed by atoms with van der Waals surface area (Å²) >= 11 is 0. The van der Waals surface area contributed by atoms with E-state index in [1.165, 1.54) is 0 Å². The van der Waals surface area contributed by atoms with Crippen LogP contribution in [0.25, 0.3) is 0 Å². The molecule has 0 fully saturated rings. The fraction of sp³-hybridized carbons (Fsp3) is 0.467. The van der Waals surface area contributed by atoms with Crippen LogP contribution in [0.15, 0.2) is 18.2 Å². The number of carbonyl (C=O) groups is 2. The second kappa shape index (κ2) is 7.19. The molecule has 0 radical (unpaired) electrons. The van der Waals surface area contributed by atoms with Crippen molar-refractivity contribution in [3.8, 4) is 0 Å². The Labute approximate surface area is 123 Å². The van der Waals surface area contributed by atoms with Crippen LogP contribution in [-0.4, -0.2) is 36.7 Å². The Balaban J connectivity index is 1.99. The summed E-state index contributed by atoms with van der Waals surface area (Å²) in [5, 5.41) is 11.7. The van der Waals surface area contributed by atoms with E-state index in [1.807, 2.05) is 6.07 Å². The van der Waals surface area contributed by atoms with Crippen molar-refractivity contribution in [3.05, 3.63) is 34.9 Å². The molecule has 0 aromatic heterocycles. The fourth-order valence-corrected chi connectivity index (χ4v) is 2.24. The van der Waals surface area contributed by atoms with Gasteiger partial charge in [0, 0.05) is 19.3 Å². The summed E-state index contributed by atoms with van der Waals surface area (Å²) in [5.41, 5.74) is 2.51. The van der Waals surface area contributed by atoms with Crippen LogP contribution in [0.4, 0.5) is 0 Å². The molecular formula is C15H19NO5. The molecule has 2 rings (SSSR count). The molecule has 1 aliphatic heterocycles. The number of amides is 1. The molecule has 6 nitrogen and oxygen atoms in total. The van der Waals surface area contributed by atoms with Gasteiger partial charge in [0.05, 0.1) is 13.2 Å². The van der Waals surface area contributed by atoms with Crippen LogP contribution in [0.1, 0.15) is 34.3 Å². The van der Waals surface area contributed by atoms with E-state index in [2.05, 4.69) is 5.32 Å². The van der Waals surface area contributed by atoms with Crippen LogP contribution in [0, 0.1) is 0 Å². The minimum atomic E-state index is -1.04. The molecule has 21 heavy (non-hydrogen) atoms. The molecule has 0 saturated heterocycles. The molecule has 1 amide bonds. The molecule has 1 aliphatic rings. The summed E-state index contributed by atoms with van der Waals surface area (Å²) in [4.78, 5) is 23.3. The van der Waals surface area contributed by atoms with Gasteiger partial charge in [0.25, 0.3) is 5.91 Å². The molecule has 1 atom stereocenters. The first-order valence-corrected chi connectivity index (χ1v) is 6.84. The number of benzene rings is 1. The second-order valence-corrected chi connectivity index (χ2v) is 4.98. The third-order valence-corrected chi connectivity index (χ3v) is 3.43. The molecule has 1 aromatic rings. The molecule has 6 heteroatoms. The Morgan fingerprint density at radius 3 is 2.86 bits per heavy atom. The highest BCUT2D eigenvalue weighted by Crippen LogP contribution is 2.20. The highest BCUT2D eigenvalue weighted by molar-refractivity contribution is 5.96. The number of carboxylic acids is 1. The minimum Gasteiger partial charge on any atom is -0.480 e. The van der Waals surface area contributed by atoms with Gasteiger partial charge >= 0.3 is 5.97 Å².